The maximum atomic E-state index is 12.3. The Hall–Kier alpha value is -1.55. The van der Waals surface area contributed by atoms with Crippen molar-refractivity contribution in [2.24, 2.45) is 0 Å². The first-order valence-electron chi connectivity index (χ1n) is 7.48. The van der Waals surface area contributed by atoms with Crippen molar-refractivity contribution in [3.63, 3.8) is 0 Å². The lowest BCUT2D eigenvalue weighted by Crippen LogP contribution is -2.49. The molecule has 0 radical (unpaired) electrons. The van der Waals surface area contributed by atoms with Crippen molar-refractivity contribution in [2.45, 2.75) is 57.3 Å². The van der Waals surface area contributed by atoms with Gasteiger partial charge in [0.2, 0.25) is 0 Å². The maximum absolute atomic E-state index is 12.3. The van der Waals surface area contributed by atoms with Crippen molar-refractivity contribution in [1.82, 2.24) is 4.90 Å². The van der Waals surface area contributed by atoms with Crippen LogP contribution in [0.25, 0.3) is 0 Å². The van der Waals surface area contributed by atoms with Crippen LogP contribution in [0.15, 0.2) is 30.3 Å². The van der Waals surface area contributed by atoms with Gasteiger partial charge in [-0.1, -0.05) is 30.3 Å². The summed E-state index contributed by atoms with van der Waals surface area (Å²) in [6.45, 7) is 5.53. The molecule has 21 heavy (non-hydrogen) atoms. The van der Waals surface area contributed by atoms with Gasteiger partial charge in [-0.2, -0.15) is 0 Å². The summed E-state index contributed by atoms with van der Waals surface area (Å²) in [5, 5.41) is 11.1. The number of rotatable bonds is 2. The SMILES string of the molecule is CN(C(=O)OC(C)(C)C)[C@@H]1CCC[C@]1(O)c1ccccc1. The van der Waals surface area contributed by atoms with Crippen LogP contribution in [0.1, 0.15) is 45.6 Å². The third-order valence-corrected chi connectivity index (χ3v) is 4.01. The first-order chi connectivity index (χ1) is 9.74. The average molecular weight is 291 g/mol. The summed E-state index contributed by atoms with van der Waals surface area (Å²) in [4.78, 5) is 13.8. The van der Waals surface area contributed by atoms with Crippen LogP contribution in [0.2, 0.25) is 0 Å². The Labute approximate surface area is 126 Å². The monoisotopic (exact) mass is 291 g/mol. The zero-order valence-electron chi connectivity index (χ0n) is 13.3. The Bertz CT molecular complexity index is 495. The van der Waals surface area contributed by atoms with Gasteiger partial charge in [0.05, 0.1) is 6.04 Å². The molecule has 0 bridgehead atoms. The highest BCUT2D eigenvalue weighted by molar-refractivity contribution is 5.68. The van der Waals surface area contributed by atoms with Crippen molar-refractivity contribution in [2.75, 3.05) is 7.05 Å². The molecule has 1 aliphatic rings. The quantitative estimate of drug-likeness (QED) is 0.909. The first kappa shape index (κ1) is 15.8. The van der Waals surface area contributed by atoms with Crippen LogP contribution in [0.3, 0.4) is 0 Å². The Kier molecular flexibility index (Phi) is 4.28. The minimum absolute atomic E-state index is 0.255. The highest BCUT2D eigenvalue weighted by Crippen LogP contribution is 2.41. The van der Waals surface area contributed by atoms with Gasteiger partial charge in [-0.3, -0.25) is 0 Å². The molecule has 2 atom stereocenters. The van der Waals surface area contributed by atoms with Crippen molar-refractivity contribution < 1.29 is 14.6 Å². The van der Waals surface area contributed by atoms with Crippen LogP contribution in [0.4, 0.5) is 4.79 Å². The van der Waals surface area contributed by atoms with E-state index >= 15 is 0 Å². The van der Waals surface area contributed by atoms with Crippen LogP contribution >= 0.6 is 0 Å². The Balaban J connectivity index is 2.20. The van der Waals surface area contributed by atoms with E-state index in [1.807, 2.05) is 51.1 Å². The molecule has 0 aliphatic heterocycles. The molecule has 116 valence electrons. The topological polar surface area (TPSA) is 49.8 Å². The number of carbonyl (C=O) groups excluding carboxylic acids is 1. The van der Waals surface area contributed by atoms with E-state index in [1.165, 1.54) is 0 Å². The van der Waals surface area contributed by atoms with Gasteiger partial charge in [0.1, 0.15) is 11.2 Å². The fraction of sp³-hybridized carbons (Fsp3) is 0.588. The van der Waals surface area contributed by atoms with Crippen molar-refractivity contribution >= 4 is 6.09 Å². The van der Waals surface area contributed by atoms with Gasteiger partial charge in [-0.15, -0.1) is 0 Å². The number of benzene rings is 1. The summed E-state index contributed by atoms with van der Waals surface area (Å²) < 4.78 is 5.42. The molecule has 1 N–H and O–H groups in total. The molecule has 2 rings (SSSR count). The van der Waals surface area contributed by atoms with E-state index < -0.39 is 11.2 Å². The summed E-state index contributed by atoms with van der Waals surface area (Å²) >= 11 is 0. The van der Waals surface area contributed by atoms with E-state index in [0.717, 1.165) is 18.4 Å². The standard InChI is InChI=1S/C17H25NO3/c1-16(2,3)21-15(19)18(4)14-11-8-12-17(14,20)13-9-6-5-7-10-13/h5-7,9-10,14,20H,8,11-12H2,1-4H3/t14-,17+/m1/s1. The van der Waals surface area contributed by atoms with Gasteiger partial charge >= 0.3 is 6.09 Å². The Morgan fingerprint density at radius 1 is 1.33 bits per heavy atom. The number of hydrogen-bond acceptors (Lipinski definition) is 3. The summed E-state index contributed by atoms with van der Waals surface area (Å²) in [6, 6.07) is 9.33. The second-order valence-electron chi connectivity index (χ2n) is 6.79. The fourth-order valence-electron chi connectivity index (χ4n) is 3.01. The number of amides is 1. The van der Waals surface area contributed by atoms with Crippen LogP contribution in [0.5, 0.6) is 0 Å². The van der Waals surface area contributed by atoms with Crippen molar-refractivity contribution in [3.05, 3.63) is 35.9 Å². The third-order valence-electron chi connectivity index (χ3n) is 4.01. The molecule has 0 aromatic heterocycles. The summed E-state index contributed by atoms with van der Waals surface area (Å²) in [7, 11) is 1.71. The highest BCUT2D eigenvalue weighted by atomic mass is 16.6. The minimum atomic E-state index is -0.993. The molecule has 1 aromatic rings. The summed E-state index contributed by atoms with van der Waals surface area (Å²) in [6.07, 6.45) is 1.95. The number of hydrogen-bond donors (Lipinski definition) is 1. The number of likely N-dealkylation sites (N-methyl/N-ethyl adjacent to an activating group) is 1. The molecule has 1 aliphatic carbocycles. The summed E-state index contributed by atoms with van der Waals surface area (Å²) in [5.41, 5.74) is -0.662. The predicted octanol–water partition coefficient (Wildman–Crippen LogP) is 3.29. The molecule has 0 heterocycles. The van der Waals surface area contributed by atoms with Crippen molar-refractivity contribution in [3.8, 4) is 0 Å². The first-order valence-corrected chi connectivity index (χ1v) is 7.48. The molecule has 1 saturated carbocycles. The molecule has 1 amide bonds. The lowest BCUT2D eigenvalue weighted by atomic mass is 9.88. The molecule has 0 saturated heterocycles. The smallest absolute Gasteiger partial charge is 0.410 e. The van der Waals surface area contributed by atoms with Crippen LogP contribution in [-0.2, 0) is 10.3 Å². The lowest BCUT2D eigenvalue weighted by Gasteiger charge is -2.37. The number of aliphatic hydroxyl groups is 1. The van der Waals surface area contributed by atoms with Gasteiger partial charge in [-0.25, -0.2) is 4.79 Å². The maximum Gasteiger partial charge on any atom is 0.410 e. The van der Waals surface area contributed by atoms with Crippen molar-refractivity contribution in [1.29, 1.82) is 0 Å². The predicted molar refractivity (Wildman–Crippen MR) is 82.0 cm³/mol. The van der Waals surface area contributed by atoms with Gasteiger partial charge in [0.25, 0.3) is 0 Å². The van der Waals surface area contributed by atoms with E-state index in [4.69, 9.17) is 4.74 Å². The van der Waals surface area contributed by atoms with Gasteiger partial charge < -0.3 is 14.7 Å². The molecule has 1 fully saturated rings. The lowest BCUT2D eigenvalue weighted by molar-refractivity contribution is -0.0381. The normalized spacial score (nSPS) is 25.7. The minimum Gasteiger partial charge on any atom is -0.444 e. The van der Waals surface area contributed by atoms with E-state index in [2.05, 4.69) is 0 Å². The molecule has 0 unspecified atom stereocenters. The second-order valence-corrected chi connectivity index (χ2v) is 6.79. The number of carbonyl (C=O) groups is 1. The average Bonchev–Trinajstić information content (AvgIpc) is 2.80. The molecular weight excluding hydrogens is 266 g/mol. The third kappa shape index (κ3) is 3.38. The van der Waals surface area contributed by atoms with E-state index in [-0.39, 0.29) is 12.1 Å². The summed E-state index contributed by atoms with van der Waals surface area (Å²) in [5.74, 6) is 0. The van der Waals surface area contributed by atoms with Crippen LogP contribution < -0.4 is 0 Å². The van der Waals surface area contributed by atoms with Gasteiger partial charge in [0.15, 0.2) is 0 Å². The zero-order chi connectivity index (χ0) is 15.7. The zero-order valence-corrected chi connectivity index (χ0v) is 13.3. The highest BCUT2D eigenvalue weighted by Gasteiger charge is 2.46. The fourth-order valence-corrected chi connectivity index (χ4v) is 3.01. The molecule has 0 spiro atoms. The van der Waals surface area contributed by atoms with E-state index in [9.17, 15) is 9.90 Å². The van der Waals surface area contributed by atoms with Crippen LogP contribution in [-0.4, -0.2) is 34.8 Å². The number of ether oxygens (including phenoxy) is 1. The van der Waals surface area contributed by atoms with E-state index in [0.29, 0.717) is 6.42 Å². The van der Waals surface area contributed by atoms with E-state index in [1.54, 1.807) is 11.9 Å². The Morgan fingerprint density at radius 3 is 2.52 bits per heavy atom. The number of nitrogens with zero attached hydrogens (tertiary/aromatic N) is 1. The van der Waals surface area contributed by atoms with Gasteiger partial charge in [-0.05, 0) is 45.6 Å². The molecular formula is C17H25NO3. The second kappa shape index (κ2) is 5.68. The molecule has 4 nitrogen and oxygen atoms in total. The Morgan fingerprint density at radius 2 is 1.95 bits per heavy atom. The molecule has 1 aromatic carbocycles. The molecule has 4 heteroatoms. The van der Waals surface area contributed by atoms with Crippen LogP contribution in [0, 0.1) is 0 Å². The van der Waals surface area contributed by atoms with Gasteiger partial charge in [0, 0.05) is 7.05 Å². The largest absolute Gasteiger partial charge is 0.444 e.